The van der Waals surface area contributed by atoms with Crippen molar-refractivity contribution in [2.75, 3.05) is 45.5 Å². The van der Waals surface area contributed by atoms with E-state index in [2.05, 4.69) is 29.1 Å². The smallest absolute Gasteiger partial charge is 0.221 e. The first-order chi connectivity index (χ1) is 12.5. The zero-order valence-corrected chi connectivity index (χ0v) is 16.1. The first-order valence-corrected chi connectivity index (χ1v) is 8.59. The van der Waals surface area contributed by atoms with Crippen LogP contribution in [0.3, 0.4) is 0 Å². The maximum atomic E-state index is 5.76. The van der Waals surface area contributed by atoms with E-state index in [1.165, 1.54) is 5.56 Å². The van der Waals surface area contributed by atoms with E-state index in [0.29, 0.717) is 31.2 Å². The molecule has 0 saturated heterocycles. The molecule has 2 rings (SSSR count). The quantitative estimate of drug-likeness (QED) is 0.664. The molecule has 7 nitrogen and oxygen atoms in total. The van der Waals surface area contributed by atoms with E-state index in [1.54, 1.807) is 27.5 Å². The normalized spacial score (nSPS) is 10.8. The van der Waals surface area contributed by atoms with Crippen LogP contribution >= 0.6 is 0 Å². The summed E-state index contributed by atoms with van der Waals surface area (Å²) in [7, 11) is 4.95. The van der Waals surface area contributed by atoms with Gasteiger partial charge in [-0.1, -0.05) is 13.8 Å². The molecule has 0 spiro atoms. The molecule has 0 aliphatic rings. The highest BCUT2D eigenvalue weighted by Crippen LogP contribution is 2.35. The highest BCUT2D eigenvalue weighted by molar-refractivity contribution is 5.53. The fraction of sp³-hybridized carbons (Fsp3) is 0.474. The van der Waals surface area contributed by atoms with Crippen molar-refractivity contribution in [3.8, 4) is 11.5 Å². The highest BCUT2D eigenvalue weighted by atomic mass is 16.5. The van der Waals surface area contributed by atoms with Crippen LogP contribution in [0.4, 0.5) is 11.8 Å². The number of nitrogens with zero attached hydrogens (tertiary/aromatic N) is 2. The van der Waals surface area contributed by atoms with Gasteiger partial charge in [-0.05, 0) is 29.2 Å². The van der Waals surface area contributed by atoms with Crippen LogP contribution in [0, 0.1) is 0 Å². The predicted octanol–water partition coefficient (Wildman–Crippen LogP) is 2.85. The Bertz CT molecular complexity index is 735. The molecule has 0 aliphatic carbocycles. The van der Waals surface area contributed by atoms with E-state index < -0.39 is 0 Å². The number of anilines is 2. The number of nitrogens with two attached hydrogens (primary N) is 1. The van der Waals surface area contributed by atoms with Crippen LogP contribution in [0.2, 0.25) is 0 Å². The lowest BCUT2D eigenvalue weighted by Gasteiger charge is -2.18. The summed E-state index contributed by atoms with van der Waals surface area (Å²) in [6.07, 6.45) is 2.42. The Morgan fingerprint density at radius 1 is 1.08 bits per heavy atom. The van der Waals surface area contributed by atoms with Crippen molar-refractivity contribution in [3.63, 3.8) is 0 Å². The summed E-state index contributed by atoms with van der Waals surface area (Å²) < 4.78 is 16.0. The lowest BCUT2D eigenvalue weighted by atomic mass is 9.92. The Balaban J connectivity index is 2.40. The number of nitrogens with one attached hydrogen (secondary N) is 1. The number of nitrogen functional groups attached to an aromatic ring is 1. The summed E-state index contributed by atoms with van der Waals surface area (Å²) in [5.74, 6) is 2.73. The second-order valence-electron chi connectivity index (χ2n) is 6.26. The van der Waals surface area contributed by atoms with E-state index in [0.717, 1.165) is 22.7 Å². The molecule has 0 bridgehead atoms. The first kappa shape index (κ1) is 19.8. The van der Waals surface area contributed by atoms with Gasteiger partial charge in [0, 0.05) is 31.8 Å². The SMILES string of the molecule is COCCNc1nc(N)ncc1Cc1cc(OC)c(OC)cc1C(C)C. The lowest BCUT2D eigenvalue weighted by molar-refractivity contribution is 0.210. The van der Waals surface area contributed by atoms with Crippen LogP contribution in [0.15, 0.2) is 18.3 Å². The highest BCUT2D eigenvalue weighted by Gasteiger charge is 2.16. The Hall–Kier alpha value is -2.54. The van der Waals surface area contributed by atoms with Gasteiger partial charge in [-0.25, -0.2) is 4.98 Å². The Morgan fingerprint density at radius 2 is 1.77 bits per heavy atom. The predicted molar refractivity (Wildman–Crippen MR) is 103 cm³/mol. The van der Waals surface area contributed by atoms with Crippen molar-refractivity contribution in [1.82, 2.24) is 9.97 Å². The molecule has 0 fully saturated rings. The van der Waals surface area contributed by atoms with E-state index in [-0.39, 0.29) is 5.95 Å². The Morgan fingerprint density at radius 3 is 2.38 bits per heavy atom. The molecule has 0 aliphatic heterocycles. The monoisotopic (exact) mass is 360 g/mol. The van der Waals surface area contributed by atoms with Crippen molar-refractivity contribution in [2.45, 2.75) is 26.2 Å². The second-order valence-corrected chi connectivity index (χ2v) is 6.26. The lowest BCUT2D eigenvalue weighted by Crippen LogP contribution is -2.13. The maximum Gasteiger partial charge on any atom is 0.221 e. The minimum Gasteiger partial charge on any atom is -0.493 e. The van der Waals surface area contributed by atoms with Gasteiger partial charge in [0.15, 0.2) is 11.5 Å². The van der Waals surface area contributed by atoms with Gasteiger partial charge in [-0.15, -0.1) is 0 Å². The summed E-state index contributed by atoms with van der Waals surface area (Å²) in [5, 5.41) is 3.26. The fourth-order valence-electron chi connectivity index (χ4n) is 2.81. The molecule has 2 aromatic rings. The average molecular weight is 360 g/mol. The maximum absolute atomic E-state index is 5.76. The number of hydrogen-bond acceptors (Lipinski definition) is 7. The van der Waals surface area contributed by atoms with Crippen molar-refractivity contribution in [1.29, 1.82) is 0 Å². The van der Waals surface area contributed by atoms with Crippen molar-refractivity contribution in [3.05, 3.63) is 35.0 Å². The molecule has 142 valence electrons. The number of rotatable bonds is 9. The zero-order chi connectivity index (χ0) is 19.1. The van der Waals surface area contributed by atoms with Gasteiger partial charge < -0.3 is 25.3 Å². The van der Waals surface area contributed by atoms with Gasteiger partial charge in [0.2, 0.25) is 5.95 Å². The van der Waals surface area contributed by atoms with E-state index >= 15 is 0 Å². The molecule has 1 aromatic heterocycles. The van der Waals surface area contributed by atoms with Crippen LogP contribution in [0.1, 0.15) is 36.5 Å². The van der Waals surface area contributed by atoms with Crippen molar-refractivity contribution >= 4 is 11.8 Å². The van der Waals surface area contributed by atoms with Gasteiger partial charge in [0.05, 0.1) is 20.8 Å². The van der Waals surface area contributed by atoms with Crippen molar-refractivity contribution in [2.24, 2.45) is 0 Å². The molecule has 26 heavy (non-hydrogen) atoms. The molecule has 1 aromatic carbocycles. The Labute approximate surface area is 154 Å². The van der Waals surface area contributed by atoms with Gasteiger partial charge >= 0.3 is 0 Å². The average Bonchev–Trinajstić information content (AvgIpc) is 2.63. The molecule has 0 atom stereocenters. The topological polar surface area (TPSA) is 91.5 Å². The molecule has 0 radical (unpaired) electrons. The largest absolute Gasteiger partial charge is 0.493 e. The van der Waals surface area contributed by atoms with Crippen LogP contribution in [0.5, 0.6) is 11.5 Å². The molecular weight excluding hydrogens is 332 g/mol. The molecule has 0 saturated carbocycles. The molecule has 0 amide bonds. The minimum atomic E-state index is 0.241. The number of hydrogen-bond donors (Lipinski definition) is 2. The van der Waals surface area contributed by atoms with Crippen molar-refractivity contribution < 1.29 is 14.2 Å². The standard InChI is InChI=1S/C19H28N4O3/c1-12(2)15-10-17(26-5)16(25-4)9-13(15)8-14-11-22-19(20)23-18(14)21-6-7-24-3/h9-12H,6-8H2,1-5H3,(H3,20,21,22,23). The molecule has 3 N–H and O–H groups in total. The van der Waals surface area contributed by atoms with Gasteiger partial charge in [-0.3, -0.25) is 0 Å². The fourth-order valence-corrected chi connectivity index (χ4v) is 2.81. The molecular formula is C19H28N4O3. The van der Waals surface area contributed by atoms with Crippen LogP contribution < -0.4 is 20.5 Å². The van der Waals surface area contributed by atoms with Crippen LogP contribution in [0.25, 0.3) is 0 Å². The Kier molecular flexibility index (Phi) is 7.03. The number of ether oxygens (including phenoxy) is 3. The van der Waals surface area contributed by atoms with Gasteiger partial charge in [0.25, 0.3) is 0 Å². The van der Waals surface area contributed by atoms with Crippen LogP contribution in [-0.2, 0) is 11.2 Å². The van der Waals surface area contributed by atoms with Gasteiger partial charge in [-0.2, -0.15) is 4.98 Å². The number of aromatic nitrogens is 2. The summed E-state index contributed by atoms with van der Waals surface area (Å²) in [5.41, 5.74) is 9.06. The number of benzene rings is 1. The molecule has 1 heterocycles. The van der Waals surface area contributed by atoms with E-state index in [4.69, 9.17) is 19.9 Å². The number of methoxy groups -OCH3 is 3. The third kappa shape index (κ3) is 4.76. The third-order valence-corrected chi connectivity index (χ3v) is 4.13. The summed E-state index contributed by atoms with van der Waals surface area (Å²) in [4.78, 5) is 8.49. The zero-order valence-electron chi connectivity index (χ0n) is 16.1. The summed E-state index contributed by atoms with van der Waals surface area (Å²) in [6.45, 7) is 5.53. The van der Waals surface area contributed by atoms with Gasteiger partial charge in [0.1, 0.15) is 5.82 Å². The summed E-state index contributed by atoms with van der Waals surface area (Å²) >= 11 is 0. The second kappa shape index (κ2) is 9.24. The molecule has 0 unspecified atom stereocenters. The van der Waals surface area contributed by atoms with Crippen LogP contribution in [-0.4, -0.2) is 44.4 Å². The van der Waals surface area contributed by atoms with E-state index in [1.807, 2.05) is 12.1 Å². The minimum absolute atomic E-state index is 0.241. The molecule has 7 heteroatoms. The third-order valence-electron chi connectivity index (χ3n) is 4.13. The first-order valence-electron chi connectivity index (χ1n) is 8.59. The van der Waals surface area contributed by atoms with E-state index in [9.17, 15) is 0 Å². The summed E-state index contributed by atoms with van der Waals surface area (Å²) in [6, 6.07) is 4.05.